The van der Waals surface area contributed by atoms with Gasteiger partial charge in [0.2, 0.25) is 12.3 Å². The van der Waals surface area contributed by atoms with Crippen molar-refractivity contribution in [1.29, 1.82) is 0 Å². The average molecular weight is 316 g/mol. The van der Waals surface area contributed by atoms with E-state index in [0.717, 1.165) is 18.4 Å². The van der Waals surface area contributed by atoms with Crippen molar-refractivity contribution < 1.29 is 9.36 Å². The first-order valence-corrected chi connectivity index (χ1v) is 8.38. The highest BCUT2D eigenvalue weighted by molar-refractivity contribution is 5.95. The summed E-state index contributed by atoms with van der Waals surface area (Å²) in [4.78, 5) is 12.4. The molecule has 1 aromatic heterocycles. The molecule has 2 heteroatoms. The number of Topliss-reactive ketones (excluding diaryl/α,β-unsaturated/α-hetero) is 1. The lowest BCUT2D eigenvalue weighted by Gasteiger charge is -2.02. The molecule has 0 aliphatic rings. The Hall–Kier alpha value is -2.74. The van der Waals surface area contributed by atoms with Gasteiger partial charge in [-0.2, -0.15) is 4.57 Å². The van der Waals surface area contributed by atoms with E-state index in [1.807, 2.05) is 47.3 Å². The Morgan fingerprint density at radius 2 is 1.42 bits per heavy atom. The summed E-state index contributed by atoms with van der Waals surface area (Å²) in [6.45, 7) is 2.49. The molecule has 0 spiro atoms. The second kappa shape index (κ2) is 7.69. The fourth-order valence-electron chi connectivity index (χ4n) is 2.73. The molecule has 0 amide bonds. The smallest absolute Gasteiger partial charge is 0.227 e. The standard InChI is InChI=1S/C22H22NO/c1-2-18-8-10-21(11-9-18)22(24)17-23-14-12-20(13-15-23)16-19-6-4-3-5-7-19/h3-15H,2,16-17H2,1H3/q+1. The van der Waals surface area contributed by atoms with Gasteiger partial charge < -0.3 is 0 Å². The summed E-state index contributed by atoms with van der Waals surface area (Å²) in [6.07, 6.45) is 5.87. The van der Waals surface area contributed by atoms with Crippen LogP contribution in [0.2, 0.25) is 0 Å². The molecule has 0 unspecified atom stereocenters. The van der Waals surface area contributed by atoms with E-state index in [9.17, 15) is 4.79 Å². The maximum Gasteiger partial charge on any atom is 0.227 e. The van der Waals surface area contributed by atoms with E-state index in [2.05, 4.69) is 43.3 Å². The Morgan fingerprint density at radius 3 is 2.04 bits per heavy atom. The minimum absolute atomic E-state index is 0.137. The lowest BCUT2D eigenvalue weighted by atomic mass is 10.1. The minimum Gasteiger partial charge on any atom is -0.287 e. The second-order valence-electron chi connectivity index (χ2n) is 6.01. The highest BCUT2D eigenvalue weighted by atomic mass is 16.1. The quantitative estimate of drug-likeness (QED) is 0.497. The largest absolute Gasteiger partial charge is 0.287 e. The van der Waals surface area contributed by atoms with Crippen molar-refractivity contribution in [3.8, 4) is 0 Å². The van der Waals surface area contributed by atoms with Crippen molar-refractivity contribution in [3.63, 3.8) is 0 Å². The molecule has 120 valence electrons. The summed E-state index contributed by atoms with van der Waals surface area (Å²) in [7, 11) is 0. The molecule has 0 bridgehead atoms. The van der Waals surface area contributed by atoms with Gasteiger partial charge in [0, 0.05) is 17.7 Å². The molecule has 2 nitrogen and oxygen atoms in total. The van der Waals surface area contributed by atoms with Crippen LogP contribution in [-0.2, 0) is 19.4 Å². The number of ketones is 1. The third kappa shape index (κ3) is 4.17. The van der Waals surface area contributed by atoms with E-state index in [-0.39, 0.29) is 5.78 Å². The van der Waals surface area contributed by atoms with Gasteiger partial charge in [0.25, 0.3) is 0 Å². The van der Waals surface area contributed by atoms with Gasteiger partial charge in [-0.25, -0.2) is 0 Å². The van der Waals surface area contributed by atoms with Crippen LogP contribution in [0.4, 0.5) is 0 Å². The monoisotopic (exact) mass is 316 g/mol. The molecule has 3 rings (SSSR count). The second-order valence-corrected chi connectivity index (χ2v) is 6.01. The molecule has 0 aliphatic carbocycles. The highest BCUT2D eigenvalue weighted by Gasteiger charge is 2.12. The van der Waals surface area contributed by atoms with Crippen LogP contribution < -0.4 is 4.57 Å². The van der Waals surface area contributed by atoms with Crippen molar-refractivity contribution in [3.05, 3.63) is 101 Å². The molecule has 0 radical (unpaired) electrons. The van der Waals surface area contributed by atoms with Gasteiger partial charge >= 0.3 is 0 Å². The Bertz CT molecular complexity index is 790. The van der Waals surface area contributed by atoms with E-state index in [0.29, 0.717) is 6.54 Å². The number of pyridine rings is 1. The molecule has 24 heavy (non-hydrogen) atoms. The SMILES string of the molecule is CCc1ccc(C(=O)C[n+]2ccc(Cc3ccccc3)cc2)cc1. The number of hydrogen-bond acceptors (Lipinski definition) is 1. The Balaban J connectivity index is 1.64. The lowest BCUT2D eigenvalue weighted by molar-refractivity contribution is -0.683. The Kier molecular flexibility index (Phi) is 5.17. The Morgan fingerprint density at radius 1 is 0.792 bits per heavy atom. The van der Waals surface area contributed by atoms with Crippen molar-refractivity contribution in [2.24, 2.45) is 0 Å². The number of aryl methyl sites for hydroxylation is 1. The number of carbonyl (C=O) groups excluding carboxylic acids is 1. The summed E-state index contributed by atoms with van der Waals surface area (Å²) < 4.78 is 1.94. The first kappa shape index (κ1) is 16.1. The third-order valence-electron chi connectivity index (χ3n) is 4.22. The van der Waals surface area contributed by atoms with E-state index in [1.54, 1.807) is 0 Å². The van der Waals surface area contributed by atoms with Gasteiger partial charge in [-0.15, -0.1) is 0 Å². The lowest BCUT2D eigenvalue weighted by Crippen LogP contribution is -2.37. The van der Waals surface area contributed by atoms with Crippen LogP contribution in [-0.4, -0.2) is 5.78 Å². The van der Waals surface area contributed by atoms with Crippen molar-refractivity contribution in [2.45, 2.75) is 26.3 Å². The molecular weight excluding hydrogens is 294 g/mol. The van der Waals surface area contributed by atoms with Crippen LogP contribution in [0.5, 0.6) is 0 Å². The number of rotatable bonds is 6. The molecule has 0 saturated carbocycles. The summed E-state index contributed by atoms with van der Waals surface area (Å²) in [5.41, 5.74) is 4.57. The highest BCUT2D eigenvalue weighted by Crippen LogP contribution is 2.08. The molecule has 0 aliphatic heterocycles. The number of benzene rings is 2. The third-order valence-corrected chi connectivity index (χ3v) is 4.22. The summed E-state index contributed by atoms with van der Waals surface area (Å²) in [6, 6.07) is 22.5. The summed E-state index contributed by atoms with van der Waals surface area (Å²) in [5, 5.41) is 0. The first-order valence-electron chi connectivity index (χ1n) is 8.38. The molecule has 1 heterocycles. The van der Waals surface area contributed by atoms with Crippen LogP contribution >= 0.6 is 0 Å². The van der Waals surface area contributed by atoms with E-state index in [4.69, 9.17) is 0 Å². The van der Waals surface area contributed by atoms with Crippen molar-refractivity contribution in [1.82, 2.24) is 0 Å². The molecule has 0 saturated heterocycles. The number of nitrogens with zero attached hydrogens (tertiary/aromatic N) is 1. The van der Waals surface area contributed by atoms with Crippen LogP contribution in [0, 0.1) is 0 Å². The van der Waals surface area contributed by atoms with Gasteiger partial charge in [-0.05, 0) is 29.5 Å². The van der Waals surface area contributed by atoms with Gasteiger partial charge in [0.05, 0.1) is 0 Å². The first-order chi connectivity index (χ1) is 11.7. The Labute approximate surface area is 143 Å². The van der Waals surface area contributed by atoms with Crippen molar-refractivity contribution in [2.75, 3.05) is 0 Å². The predicted octanol–water partition coefficient (Wildman–Crippen LogP) is 4.01. The van der Waals surface area contributed by atoms with Gasteiger partial charge in [-0.1, -0.05) is 61.5 Å². The normalized spacial score (nSPS) is 10.5. The maximum atomic E-state index is 12.4. The molecule has 0 atom stereocenters. The van der Waals surface area contributed by atoms with Crippen LogP contribution in [0.25, 0.3) is 0 Å². The average Bonchev–Trinajstić information content (AvgIpc) is 2.64. The van der Waals surface area contributed by atoms with Gasteiger partial charge in [0.15, 0.2) is 12.4 Å². The van der Waals surface area contributed by atoms with Crippen molar-refractivity contribution >= 4 is 5.78 Å². The zero-order chi connectivity index (χ0) is 16.8. The fourth-order valence-corrected chi connectivity index (χ4v) is 2.73. The van der Waals surface area contributed by atoms with Crippen LogP contribution in [0.1, 0.15) is 34.0 Å². The van der Waals surface area contributed by atoms with Gasteiger partial charge in [0.1, 0.15) is 0 Å². The zero-order valence-electron chi connectivity index (χ0n) is 14.0. The number of aromatic nitrogens is 1. The van der Waals surface area contributed by atoms with E-state index in [1.165, 1.54) is 16.7 Å². The van der Waals surface area contributed by atoms with E-state index >= 15 is 0 Å². The number of hydrogen-bond donors (Lipinski definition) is 0. The molecule has 3 aromatic rings. The fraction of sp³-hybridized carbons (Fsp3) is 0.182. The van der Waals surface area contributed by atoms with Gasteiger partial charge in [-0.3, -0.25) is 4.79 Å². The minimum atomic E-state index is 0.137. The predicted molar refractivity (Wildman–Crippen MR) is 96.0 cm³/mol. The number of carbonyl (C=O) groups is 1. The van der Waals surface area contributed by atoms with Crippen LogP contribution in [0.15, 0.2) is 79.1 Å². The van der Waals surface area contributed by atoms with Crippen LogP contribution in [0.3, 0.4) is 0 Å². The zero-order valence-corrected chi connectivity index (χ0v) is 14.0. The van der Waals surface area contributed by atoms with E-state index < -0.39 is 0 Å². The molecule has 0 N–H and O–H groups in total. The summed E-state index contributed by atoms with van der Waals surface area (Å²) in [5.74, 6) is 0.137. The summed E-state index contributed by atoms with van der Waals surface area (Å²) >= 11 is 0. The molecular formula is C22H22NO+. The molecule has 2 aromatic carbocycles. The molecule has 0 fully saturated rings. The topological polar surface area (TPSA) is 20.9 Å². The maximum absolute atomic E-state index is 12.4.